The number of furan rings is 1. The van der Waals surface area contributed by atoms with Crippen LogP contribution in [0.25, 0.3) is 49.6 Å². The Morgan fingerprint density at radius 1 is 0.692 bits per heavy atom. The summed E-state index contributed by atoms with van der Waals surface area (Å²) in [5.74, 6) is 0. The standard InChI is InChI=1S/C35H25N3O/c1-3-11-24(12-4-1)37(25-13-5-2-6-14-25)26-19-20-34-30(21-26)31-22-27(23-36-35(31)39-34)38-32-17-9-7-15-28(32)29-16-8-10-18-33(29)38/h1-5,7-13,15-23H,6,14H2. The van der Waals surface area contributed by atoms with Crippen molar-refractivity contribution in [3.8, 4) is 5.69 Å². The third-order valence-corrected chi connectivity index (χ3v) is 7.69. The normalized spacial score (nSPS) is 13.5. The lowest BCUT2D eigenvalue weighted by Gasteiger charge is -2.28. The van der Waals surface area contributed by atoms with Crippen LogP contribution < -0.4 is 4.90 Å². The lowest BCUT2D eigenvalue weighted by atomic mass is 10.1. The highest BCUT2D eigenvalue weighted by Gasteiger charge is 2.19. The van der Waals surface area contributed by atoms with E-state index < -0.39 is 0 Å². The minimum atomic E-state index is 0.651. The van der Waals surface area contributed by atoms with Crippen molar-refractivity contribution in [2.24, 2.45) is 0 Å². The van der Waals surface area contributed by atoms with E-state index in [9.17, 15) is 0 Å². The van der Waals surface area contributed by atoms with Gasteiger partial charge < -0.3 is 13.9 Å². The van der Waals surface area contributed by atoms with E-state index in [4.69, 9.17) is 9.40 Å². The molecule has 3 aromatic heterocycles. The van der Waals surface area contributed by atoms with Crippen LogP contribution in [0.5, 0.6) is 0 Å². The molecular formula is C35H25N3O. The smallest absolute Gasteiger partial charge is 0.227 e. The summed E-state index contributed by atoms with van der Waals surface area (Å²) >= 11 is 0. The number of anilines is 2. The van der Waals surface area contributed by atoms with E-state index >= 15 is 0 Å². The van der Waals surface area contributed by atoms with Crippen LogP contribution in [-0.4, -0.2) is 9.55 Å². The third kappa shape index (κ3) is 3.49. The van der Waals surface area contributed by atoms with Crippen LogP contribution in [0, 0.1) is 0 Å². The molecule has 4 heteroatoms. The second kappa shape index (κ2) is 8.74. The van der Waals surface area contributed by atoms with E-state index in [0.29, 0.717) is 5.71 Å². The Morgan fingerprint density at radius 3 is 2.18 bits per heavy atom. The van der Waals surface area contributed by atoms with Crippen molar-refractivity contribution in [3.05, 3.63) is 133 Å². The number of nitrogens with zero attached hydrogens (tertiary/aromatic N) is 3. The number of fused-ring (bicyclic) bond motifs is 6. The van der Waals surface area contributed by atoms with Gasteiger partial charge in [-0.25, -0.2) is 4.98 Å². The topological polar surface area (TPSA) is 34.2 Å². The van der Waals surface area contributed by atoms with Crippen LogP contribution in [0.1, 0.15) is 12.8 Å². The van der Waals surface area contributed by atoms with Gasteiger partial charge in [0.15, 0.2) is 0 Å². The van der Waals surface area contributed by atoms with Crippen LogP contribution in [0.15, 0.2) is 138 Å². The first-order valence-corrected chi connectivity index (χ1v) is 13.4. The molecule has 1 aliphatic carbocycles. The minimum absolute atomic E-state index is 0.651. The van der Waals surface area contributed by atoms with Crippen molar-refractivity contribution in [1.29, 1.82) is 0 Å². The van der Waals surface area contributed by atoms with Gasteiger partial charge >= 0.3 is 0 Å². The van der Waals surface area contributed by atoms with Crippen molar-refractivity contribution in [2.75, 3.05) is 4.90 Å². The molecule has 7 aromatic rings. The first-order valence-electron chi connectivity index (χ1n) is 13.4. The molecule has 0 saturated heterocycles. The van der Waals surface area contributed by atoms with Crippen molar-refractivity contribution in [3.63, 3.8) is 0 Å². The van der Waals surface area contributed by atoms with Gasteiger partial charge in [0.2, 0.25) is 5.71 Å². The number of para-hydroxylation sites is 3. The number of allylic oxidation sites excluding steroid dienone is 4. The van der Waals surface area contributed by atoms with Crippen LogP contribution in [0.3, 0.4) is 0 Å². The molecule has 1 aliphatic rings. The molecule has 0 atom stereocenters. The van der Waals surface area contributed by atoms with Gasteiger partial charge in [-0.15, -0.1) is 0 Å². The van der Waals surface area contributed by atoms with Gasteiger partial charge in [-0.1, -0.05) is 66.7 Å². The SMILES string of the molecule is C1=CCCC(N(c2ccccc2)c2ccc3oc4ncc(-n5c6ccccc6c6ccccc65)cc4c3c2)=C1. The highest BCUT2D eigenvalue weighted by atomic mass is 16.3. The number of hydrogen-bond donors (Lipinski definition) is 0. The molecule has 0 amide bonds. The molecule has 8 rings (SSSR count). The van der Waals surface area contributed by atoms with Crippen molar-refractivity contribution in [1.82, 2.24) is 9.55 Å². The summed E-state index contributed by atoms with van der Waals surface area (Å²) in [4.78, 5) is 7.14. The zero-order valence-corrected chi connectivity index (χ0v) is 21.3. The Kier molecular flexibility index (Phi) is 4.92. The fraction of sp³-hybridized carbons (Fsp3) is 0.0571. The Hall–Kier alpha value is -5.09. The zero-order valence-electron chi connectivity index (χ0n) is 21.3. The molecule has 0 saturated carbocycles. The summed E-state index contributed by atoms with van der Waals surface area (Å²) in [6.07, 6.45) is 10.5. The van der Waals surface area contributed by atoms with Gasteiger partial charge in [0.05, 0.1) is 28.3 Å². The minimum Gasteiger partial charge on any atom is -0.438 e. The van der Waals surface area contributed by atoms with E-state index in [1.165, 1.54) is 27.5 Å². The summed E-state index contributed by atoms with van der Waals surface area (Å²) in [6, 6.07) is 36.4. The predicted molar refractivity (Wildman–Crippen MR) is 161 cm³/mol. The quantitative estimate of drug-likeness (QED) is 0.240. The fourth-order valence-corrected chi connectivity index (χ4v) is 5.93. The Bertz CT molecular complexity index is 2020. The average molecular weight is 504 g/mol. The molecule has 39 heavy (non-hydrogen) atoms. The van der Waals surface area contributed by atoms with Gasteiger partial charge in [0, 0.05) is 33.2 Å². The second-order valence-electron chi connectivity index (χ2n) is 9.99. The summed E-state index contributed by atoms with van der Waals surface area (Å²) in [5.41, 5.74) is 8.38. The maximum absolute atomic E-state index is 6.22. The van der Waals surface area contributed by atoms with Gasteiger partial charge in [0.25, 0.3) is 0 Å². The number of benzene rings is 4. The Balaban J connectivity index is 1.34. The second-order valence-corrected chi connectivity index (χ2v) is 9.99. The molecule has 0 unspecified atom stereocenters. The first-order chi connectivity index (χ1) is 19.3. The molecule has 4 nitrogen and oxygen atoms in total. The molecule has 0 N–H and O–H groups in total. The monoisotopic (exact) mass is 503 g/mol. The van der Waals surface area contributed by atoms with E-state index in [-0.39, 0.29) is 0 Å². The Labute approximate surface area is 225 Å². The fourth-order valence-electron chi connectivity index (χ4n) is 5.93. The third-order valence-electron chi connectivity index (χ3n) is 7.69. The molecule has 4 aromatic carbocycles. The number of rotatable bonds is 4. The summed E-state index contributed by atoms with van der Waals surface area (Å²) in [5, 5.41) is 4.55. The highest BCUT2D eigenvalue weighted by Crippen LogP contribution is 2.38. The van der Waals surface area contributed by atoms with E-state index in [0.717, 1.165) is 46.3 Å². The van der Waals surface area contributed by atoms with Gasteiger partial charge in [-0.3, -0.25) is 0 Å². The molecule has 0 radical (unpaired) electrons. The van der Waals surface area contributed by atoms with Crippen molar-refractivity contribution >= 4 is 55.2 Å². The molecule has 0 aliphatic heterocycles. The summed E-state index contributed by atoms with van der Waals surface area (Å²) < 4.78 is 8.52. The van der Waals surface area contributed by atoms with E-state index in [1.807, 2.05) is 6.20 Å². The molecular weight excluding hydrogens is 478 g/mol. The number of aromatic nitrogens is 2. The number of pyridine rings is 1. The summed E-state index contributed by atoms with van der Waals surface area (Å²) in [7, 11) is 0. The summed E-state index contributed by atoms with van der Waals surface area (Å²) in [6.45, 7) is 0. The van der Waals surface area contributed by atoms with Crippen LogP contribution in [-0.2, 0) is 0 Å². The molecule has 3 heterocycles. The molecule has 0 bridgehead atoms. The van der Waals surface area contributed by atoms with Gasteiger partial charge in [-0.05, 0) is 67.4 Å². The molecule has 0 fully saturated rings. The maximum atomic E-state index is 6.22. The van der Waals surface area contributed by atoms with E-state index in [1.54, 1.807) is 0 Å². The van der Waals surface area contributed by atoms with Crippen molar-refractivity contribution in [2.45, 2.75) is 12.8 Å². The van der Waals surface area contributed by atoms with Gasteiger partial charge in [-0.2, -0.15) is 0 Å². The largest absolute Gasteiger partial charge is 0.438 e. The lowest BCUT2D eigenvalue weighted by Crippen LogP contribution is -2.17. The zero-order chi connectivity index (χ0) is 25.8. The molecule has 186 valence electrons. The highest BCUT2D eigenvalue weighted by molar-refractivity contribution is 6.10. The van der Waals surface area contributed by atoms with Crippen LogP contribution in [0.4, 0.5) is 11.4 Å². The lowest BCUT2D eigenvalue weighted by molar-refractivity contribution is 0.654. The molecule has 0 spiro atoms. The number of hydrogen-bond acceptors (Lipinski definition) is 3. The predicted octanol–water partition coefficient (Wildman–Crippen LogP) is 9.45. The van der Waals surface area contributed by atoms with Crippen LogP contribution >= 0.6 is 0 Å². The average Bonchev–Trinajstić information content (AvgIpc) is 3.53. The van der Waals surface area contributed by atoms with Crippen molar-refractivity contribution < 1.29 is 4.42 Å². The maximum Gasteiger partial charge on any atom is 0.227 e. The van der Waals surface area contributed by atoms with E-state index in [2.05, 4.69) is 131 Å². The first kappa shape index (κ1) is 21.9. The van der Waals surface area contributed by atoms with Gasteiger partial charge in [0.1, 0.15) is 5.58 Å². The van der Waals surface area contributed by atoms with Crippen LogP contribution in [0.2, 0.25) is 0 Å². The Morgan fingerprint density at radius 2 is 1.44 bits per heavy atom.